The molecule has 0 spiro atoms. The summed E-state index contributed by atoms with van der Waals surface area (Å²) in [5.41, 5.74) is 2.26. The van der Waals surface area contributed by atoms with Gasteiger partial charge in [0, 0.05) is 18.8 Å². The van der Waals surface area contributed by atoms with Gasteiger partial charge < -0.3 is 10.6 Å². The van der Waals surface area contributed by atoms with Crippen molar-refractivity contribution in [3.05, 3.63) is 23.8 Å². The molecule has 1 heterocycles. The van der Waals surface area contributed by atoms with Crippen molar-refractivity contribution in [2.45, 2.75) is 26.7 Å². The fraction of sp³-hybridized carbons (Fsp3) is 0.500. The summed E-state index contributed by atoms with van der Waals surface area (Å²) in [4.78, 5) is 11.7. The molecule has 0 aliphatic carbocycles. The van der Waals surface area contributed by atoms with Crippen molar-refractivity contribution in [1.29, 1.82) is 0 Å². The molecule has 2 N–H and O–H groups in total. The van der Waals surface area contributed by atoms with Crippen molar-refractivity contribution in [3.8, 4) is 0 Å². The standard InChI is InChI=1S/C14H21N3O3S/c1-3-8-15-14(18)16-12-6-5-11-7-9-17(13(11)10-12)21(19,20)4-2/h5-6,10H,3-4,7-9H2,1-2H3,(H2,15,16,18). The Balaban J connectivity index is 2.19. The Morgan fingerprint density at radius 2 is 2.10 bits per heavy atom. The summed E-state index contributed by atoms with van der Waals surface area (Å²) >= 11 is 0. The van der Waals surface area contributed by atoms with Crippen molar-refractivity contribution in [2.24, 2.45) is 0 Å². The minimum absolute atomic E-state index is 0.0705. The highest BCUT2D eigenvalue weighted by Crippen LogP contribution is 2.32. The summed E-state index contributed by atoms with van der Waals surface area (Å²) in [5, 5.41) is 5.44. The fourth-order valence-corrected chi connectivity index (χ4v) is 3.44. The highest BCUT2D eigenvalue weighted by atomic mass is 32.2. The zero-order valence-corrected chi connectivity index (χ0v) is 13.2. The number of nitrogens with zero attached hydrogens (tertiary/aromatic N) is 1. The topological polar surface area (TPSA) is 78.5 Å². The van der Waals surface area contributed by atoms with E-state index in [9.17, 15) is 13.2 Å². The van der Waals surface area contributed by atoms with E-state index in [1.165, 1.54) is 4.31 Å². The number of nitrogens with one attached hydrogen (secondary N) is 2. The Hall–Kier alpha value is -1.76. The molecule has 1 aliphatic heterocycles. The molecule has 0 aromatic heterocycles. The third-order valence-electron chi connectivity index (χ3n) is 3.43. The Morgan fingerprint density at radius 1 is 1.33 bits per heavy atom. The van der Waals surface area contributed by atoms with Gasteiger partial charge in [-0.15, -0.1) is 0 Å². The second-order valence-electron chi connectivity index (χ2n) is 4.95. The summed E-state index contributed by atoms with van der Waals surface area (Å²) in [6.07, 6.45) is 1.57. The molecule has 0 saturated heterocycles. The molecule has 0 atom stereocenters. The number of rotatable bonds is 5. The molecule has 0 radical (unpaired) electrons. The monoisotopic (exact) mass is 311 g/mol. The van der Waals surface area contributed by atoms with Crippen LogP contribution in [0.5, 0.6) is 0 Å². The van der Waals surface area contributed by atoms with Crippen molar-refractivity contribution in [2.75, 3.05) is 28.5 Å². The fourth-order valence-electron chi connectivity index (χ4n) is 2.29. The van der Waals surface area contributed by atoms with E-state index in [0.29, 0.717) is 30.9 Å². The molecule has 1 aromatic rings. The van der Waals surface area contributed by atoms with E-state index in [1.807, 2.05) is 13.0 Å². The van der Waals surface area contributed by atoms with Crippen LogP contribution in [0, 0.1) is 0 Å². The Bertz CT molecular complexity index is 628. The van der Waals surface area contributed by atoms with Gasteiger partial charge in [-0.05, 0) is 37.5 Å². The maximum atomic E-state index is 12.1. The zero-order valence-electron chi connectivity index (χ0n) is 12.3. The average molecular weight is 311 g/mol. The summed E-state index contributed by atoms with van der Waals surface area (Å²) in [5.74, 6) is 0.0705. The lowest BCUT2D eigenvalue weighted by atomic mass is 10.1. The van der Waals surface area contributed by atoms with Crippen LogP contribution in [0.3, 0.4) is 0 Å². The normalized spacial score (nSPS) is 13.9. The first-order chi connectivity index (χ1) is 9.97. The SMILES string of the molecule is CCCNC(=O)Nc1ccc2c(c1)N(S(=O)(=O)CC)CC2. The molecular formula is C14H21N3O3S. The van der Waals surface area contributed by atoms with Crippen LogP contribution in [0.25, 0.3) is 0 Å². The van der Waals surface area contributed by atoms with Gasteiger partial charge in [0.2, 0.25) is 10.0 Å². The number of hydrogen-bond donors (Lipinski definition) is 2. The van der Waals surface area contributed by atoms with Crippen molar-refractivity contribution < 1.29 is 13.2 Å². The summed E-state index contributed by atoms with van der Waals surface area (Å²) in [6.45, 7) is 4.68. The highest BCUT2D eigenvalue weighted by Gasteiger charge is 2.28. The molecule has 21 heavy (non-hydrogen) atoms. The smallest absolute Gasteiger partial charge is 0.319 e. The molecule has 0 unspecified atom stereocenters. The molecule has 0 bridgehead atoms. The molecule has 2 rings (SSSR count). The second-order valence-corrected chi connectivity index (χ2v) is 7.13. The Labute approximate surface area is 125 Å². The number of carbonyl (C=O) groups excluding carboxylic acids is 1. The van der Waals surface area contributed by atoms with Gasteiger partial charge in [-0.2, -0.15) is 0 Å². The molecule has 116 valence electrons. The average Bonchev–Trinajstić information content (AvgIpc) is 2.89. The third kappa shape index (κ3) is 3.47. The second kappa shape index (κ2) is 6.34. The minimum Gasteiger partial charge on any atom is -0.338 e. The number of sulfonamides is 1. The molecule has 0 saturated carbocycles. The van der Waals surface area contributed by atoms with Crippen molar-refractivity contribution in [3.63, 3.8) is 0 Å². The van der Waals surface area contributed by atoms with Crippen molar-refractivity contribution >= 4 is 27.4 Å². The van der Waals surface area contributed by atoms with E-state index in [0.717, 1.165) is 12.0 Å². The van der Waals surface area contributed by atoms with Gasteiger partial charge in [-0.3, -0.25) is 4.31 Å². The lowest BCUT2D eigenvalue weighted by Crippen LogP contribution is -2.31. The minimum atomic E-state index is -3.27. The zero-order chi connectivity index (χ0) is 15.5. The van der Waals surface area contributed by atoms with Gasteiger partial charge in [-0.1, -0.05) is 13.0 Å². The number of hydrogen-bond acceptors (Lipinski definition) is 3. The maximum absolute atomic E-state index is 12.1. The van der Waals surface area contributed by atoms with Crippen LogP contribution in [0.4, 0.5) is 16.2 Å². The number of urea groups is 1. The number of anilines is 2. The summed E-state index contributed by atoms with van der Waals surface area (Å²) in [7, 11) is -3.27. The van der Waals surface area contributed by atoms with Gasteiger partial charge in [0.05, 0.1) is 11.4 Å². The van der Waals surface area contributed by atoms with Crippen molar-refractivity contribution in [1.82, 2.24) is 5.32 Å². The van der Waals surface area contributed by atoms with E-state index >= 15 is 0 Å². The summed E-state index contributed by atoms with van der Waals surface area (Å²) in [6, 6.07) is 5.11. The first kappa shape index (κ1) is 15.6. The lowest BCUT2D eigenvalue weighted by Gasteiger charge is -2.19. The molecule has 1 aromatic carbocycles. The van der Waals surface area contributed by atoms with Crippen LogP contribution in [0.2, 0.25) is 0 Å². The molecular weight excluding hydrogens is 290 g/mol. The van der Waals surface area contributed by atoms with Gasteiger partial charge in [0.15, 0.2) is 0 Å². The lowest BCUT2D eigenvalue weighted by molar-refractivity contribution is 0.252. The van der Waals surface area contributed by atoms with Crippen LogP contribution < -0.4 is 14.9 Å². The molecule has 6 nitrogen and oxygen atoms in total. The first-order valence-electron chi connectivity index (χ1n) is 7.16. The number of benzene rings is 1. The highest BCUT2D eigenvalue weighted by molar-refractivity contribution is 7.92. The van der Waals surface area contributed by atoms with E-state index in [2.05, 4.69) is 10.6 Å². The predicted octanol–water partition coefficient (Wildman–Crippen LogP) is 1.93. The van der Waals surface area contributed by atoms with Crippen LogP contribution in [0.1, 0.15) is 25.8 Å². The molecule has 0 fully saturated rings. The van der Waals surface area contributed by atoms with Gasteiger partial charge >= 0.3 is 6.03 Å². The van der Waals surface area contributed by atoms with E-state index in [4.69, 9.17) is 0 Å². The van der Waals surface area contributed by atoms with E-state index < -0.39 is 10.0 Å². The van der Waals surface area contributed by atoms with Crippen LogP contribution in [0.15, 0.2) is 18.2 Å². The van der Waals surface area contributed by atoms with E-state index in [1.54, 1.807) is 19.1 Å². The molecule has 1 aliphatic rings. The molecule has 2 amide bonds. The van der Waals surface area contributed by atoms with Crippen LogP contribution >= 0.6 is 0 Å². The maximum Gasteiger partial charge on any atom is 0.319 e. The van der Waals surface area contributed by atoms with Gasteiger partial charge in [-0.25, -0.2) is 13.2 Å². The van der Waals surface area contributed by atoms with Crippen LogP contribution in [-0.2, 0) is 16.4 Å². The Kier molecular flexibility index (Phi) is 4.72. The molecule has 7 heteroatoms. The predicted molar refractivity (Wildman–Crippen MR) is 84.3 cm³/mol. The third-order valence-corrected chi connectivity index (χ3v) is 5.21. The number of carbonyl (C=O) groups is 1. The Morgan fingerprint density at radius 3 is 2.76 bits per heavy atom. The van der Waals surface area contributed by atoms with Crippen LogP contribution in [-0.4, -0.2) is 33.3 Å². The largest absolute Gasteiger partial charge is 0.338 e. The number of amides is 2. The van der Waals surface area contributed by atoms with Gasteiger partial charge in [0.25, 0.3) is 0 Å². The quantitative estimate of drug-likeness (QED) is 0.872. The van der Waals surface area contributed by atoms with Gasteiger partial charge in [0.1, 0.15) is 0 Å². The van der Waals surface area contributed by atoms with E-state index in [-0.39, 0.29) is 11.8 Å². The number of fused-ring (bicyclic) bond motifs is 1. The first-order valence-corrected chi connectivity index (χ1v) is 8.77. The summed E-state index contributed by atoms with van der Waals surface area (Å²) < 4.78 is 25.6.